The van der Waals surface area contributed by atoms with E-state index in [9.17, 15) is 9.59 Å². The van der Waals surface area contributed by atoms with Crippen LogP contribution in [0.15, 0.2) is 42.5 Å². The summed E-state index contributed by atoms with van der Waals surface area (Å²) in [4.78, 5) is 24.6. The van der Waals surface area contributed by atoms with Crippen molar-refractivity contribution in [2.45, 2.75) is 52.7 Å². The van der Waals surface area contributed by atoms with E-state index in [4.69, 9.17) is 19.5 Å². The molecule has 0 aliphatic heterocycles. The van der Waals surface area contributed by atoms with E-state index >= 15 is 0 Å². The Balaban J connectivity index is 2.02. The highest BCUT2D eigenvalue weighted by Crippen LogP contribution is 2.29. The maximum Gasteiger partial charge on any atom is 0.408 e. The summed E-state index contributed by atoms with van der Waals surface area (Å²) in [6, 6.07) is 13.8. The van der Waals surface area contributed by atoms with Crippen LogP contribution in [-0.2, 0) is 9.53 Å². The average molecular weight is 440 g/mol. The van der Waals surface area contributed by atoms with Crippen LogP contribution in [0.4, 0.5) is 10.5 Å². The third-order valence-corrected chi connectivity index (χ3v) is 4.10. The number of alkyl carbamates (subject to hydrolysis) is 1. The van der Waals surface area contributed by atoms with Crippen LogP contribution in [0, 0.1) is 11.3 Å². The summed E-state index contributed by atoms with van der Waals surface area (Å²) in [5.74, 6) is 1.12. The fourth-order valence-corrected chi connectivity index (χ4v) is 2.58. The molecule has 0 saturated heterocycles. The van der Waals surface area contributed by atoms with Crippen molar-refractivity contribution < 1.29 is 23.8 Å². The minimum Gasteiger partial charge on any atom is -0.492 e. The largest absolute Gasteiger partial charge is 0.492 e. The van der Waals surface area contributed by atoms with Crippen molar-refractivity contribution in [3.05, 3.63) is 48.0 Å². The maximum absolute atomic E-state index is 12.6. The van der Waals surface area contributed by atoms with Crippen molar-refractivity contribution >= 4 is 17.7 Å². The van der Waals surface area contributed by atoms with Gasteiger partial charge in [-0.3, -0.25) is 4.79 Å². The van der Waals surface area contributed by atoms with Gasteiger partial charge in [0.2, 0.25) is 5.91 Å². The number of hydrogen-bond acceptors (Lipinski definition) is 6. The number of carbonyl (C=O) groups excluding carboxylic acids is 2. The lowest BCUT2D eigenvalue weighted by molar-refractivity contribution is -0.121. The third-order valence-electron chi connectivity index (χ3n) is 4.10. The molecule has 0 atom stereocenters. The predicted octanol–water partition coefficient (Wildman–Crippen LogP) is 4.99. The van der Waals surface area contributed by atoms with E-state index in [1.165, 1.54) is 0 Å². The first-order valence-corrected chi connectivity index (χ1v) is 10.2. The number of carbonyl (C=O) groups is 2. The summed E-state index contributed by atoms with van der Waals surface area (Å²) < 4.78 is 16.5. The zero-order valence-corrected chi connectivity index (χ0v) is 19.2. The lowest BCUT2D eigenvalue weighted by atomic mass is 10.0. The number of nitrogens with one attached hydrogen (secondary N) is 2. The van der Waals surface area contributed by atoms with Gasteiger partial charge in [-0.25, -0.2) is 4.79 Å². The normalized spacial score (nSPS) is 11.2. The topological polar surface area (TPSA) is 110 Å². The Bertz CT molecular complexity index is 1000. The molecule has 0 aromatic heterocycles. The van der Waals surface area contributed by atoms with Gasteiger partial charge in [-0.1, -0.05) is 0 Å². The molecule has 32 heavy (non-hydrogen) atoms. The second-order valence-corrected chi connectivity index (χ2v) is 8.54. The number of benzene rings is 2. The Kier molecular flexibility index (Phi) is 7.71. The van der Waals surface area contributed by atoms with Gasteiger partial charge >= 0.3 is 6.09 Å². The van der Waals surface area contributed by atoms with Crippen molar-refractivity contribution in [1.82, 2.24) is 5.32 Å². The standard InChI is InChI=1S/C24H29N3O5/c1-7-30-20-14-19(11-8-16(20)15-25)31-18-12-9-17(10-13-18)26-21(28)24(5,6)27-22(29)32-23(2,3)4/h8-14H,7H2,1-6H3,(H,26,28)(H,27,29). The second-order valence-electron chi connectivity index (χ2n) is 8.54. The lowest BCUT2D eigenvalue weighted by Crippen LogP contribution is -2.53. The summed E-state index contributed by atoms with van der Waals surface area (Å²) in [6.07, 6.45) is -0.671. The van der Waals surface area contributed by atoms with E-state index in [2.05, 4.69) is 16.7 Å². The third kappa shape index (κ3) is 7.20. The molecule has 170 valence electrons. The first kappa shape index (κ1) is 24.5. The van der Waals surface area contributed by atoms with Crippen molar-refractivity contribution in [1.29, 1.82) is 5.26 Å². The second kappa shape index (κ2) is 10.1. The fraction of sp³-hybridized carbons (Fsp3) is 0.375. The highest BCUT2D eigenvalue weighted by Gasteiger charge is 2.31. The number of amides is 2. The van der Waals surface area contributed by atoms with Crippen LogP contribution in [0.2, 0.25) is 0 Å². The summed E-state index contributed by atoms with van der Waals surface area (Å²) >= 11 is 0. The molecule has 8 nitrogen and oxygen atoms in total. The molecule has 0 aliphatic carbocycles. The summed E-state index contributed by atoms with van der Waals surface area (Å²) in [7, 11) is 0. The number of nitriles is 1. The van der Waals surface area contributed by atoms with E-state index in [1.807, 2.05) is 6.92 Å². The Morgan fingerprint density at radius 3 is 2.19 bits per heavy atom. The van der Waals surface area contributed by atoms with Crippen molar-refractivity contribution in [3.63, 3.8) is 0 Å². The van der Waals surface area contributed by atoms with E-state index < -0.39 is 23.1 Å². The SMILES string of the molecule is CCOc1cc(Oc2ccc(NC(=O)C(C)(C)NC(=O)OC(C)(C)C)cc2)ccc1C#N. The van der Waals surface area contributed by atoms with Gasteiger partial charge < -0.3 is 24.8 Å². The van der Waals surface area contributed by atoms with Crippen LogP contribution in [0.25, 0.3) is 0 Å². The number of anilines is 1. The predicted molar refractivity (Wildman–Crippen MR) is 121 cm³/mol. The van der Waals surface area contributed by atoms with Crippen molar-refractivity contribution in [2.24, 2.45) is 0 Å². The number of nitrogens with zero attached hydrogens (tertiary/aromatic N) is 1. The molecule has 2 N–H and O–H groups in total. The molecule has 2 aromatic carbocycles. The molecule has 0 fully saturated rings. The average Bonchev–Trinajstić information content (AvgIpc) is 2.68. The first-order chi connectivity index (χ1) is 14.9. The van der Waals surface area contributed by atoms with E-state index in [0.717, 1.165) is 0 Å². The van der Waals surface area contributed by atoms with Crippen LogP contribution in [-0.4, -0.2) is 29.7 Å². The molecule has 0 saturated carbocycles. The van der Waals surface area contributed by atoms with Gasteiger partial charge in [-0.2, -0.15) is 5.26 Å². The van der Waals surface area contributed by atoms with Crippen LogP contribution in [0.3, 0.4) is 0 Å². The Morgan fingerprint density at radius 2 is 1.62 bits per heavy atom. The quantitative estimate of drug-likeness (QED) is 0.629. The molecule has 0 aliphatic rings. The molecule has 0 radical (unpaired) electrons. The Labute approximate surface area is 188 Å². The fourth-order valence-electron chi connectivity index (χ4n) is 2.58. The minimum absolute atomic E-state index is 0.398. The zero-order valence-electron chi connectivity index (χ0n) is 19.2. The van der Waals surface area contributed by atoms with Crippen LogP contribution in [0.5, 0.6) is 17.2 Å². The Morgan fingerprint density at radius 1 is 1.00 bits per heavy atom. The van der Waals surface area contributed by atoms with Gasteiger partial charge in [0.15, 0.2) is 0 Å². The molecule has 8 heteroatoms. The molecule has 0 spiro atoms. The monoisotopic (exact) mass is 439 g/mol. The van der Waals surface area contributed by atoms with Crippen LogP contribution in [0.1, 0.15) is 47.1 Å². The Hall–Kier alpha value is -3.73. The molecule has 0 unspecified atom stereocenters. The van der Waals surface area contributed by atoms with Gasteiger partial charge in [-0.05, 0) is 77.9 Å². The molecule has 0 bridgehead atoms. The number of ether oxygens (including phenoxy) is 3. The molecule has 2 aromatic rings. The van der Waals surface area contributed by atoms with Gasteiger partial charge in [0, 0.05) is 11.8 Å². The molecular formula is C24H29N3O5. The van der Waals surface area contributed by atoms with E-state index in [0.29, 0.717) is 35.1 Å². The minimum atomic E-state index is -1.18. The highest BCUT2D eigenvalue weighted by molar-refractivity contribution is 5.99. The first-order valence-electron chi connectivity index (χ1n) is 10.2. The van der Waals surface area contributed by atoms with Gasteiger partial charge in [0.25, 0.3) is 0 Å². The van der Waals surface area contributed by atoms with Crippen LogP contribution >= 0.6 is 0 Å². The van der Waals surface area contributed by atoms with Crippen molar-refractivity contribution in [3.8, 4) is 23.3 Å². The smallest absolute Gasteiger partial charge is 0.408 e. The summed E-state index contributed by atoms with van der Waals surface area (Å²) in [5, 5.41) is 14.5. The van der Waals surface area contributed by atoms with E-state index in [-0.39, 0.29) is 0 Å². The van der Waals surface area contributed by atoms with Gasteiger partial charge in [-0.15, -0.1) is 0 Å². The molecular weight excluding hydrogens is 410 g/mol. The summed E-state index contributed by atoms with van der Waals surface area (Å²) in [5.41, 5.74) is -0.878. The van der Waals surface area contributed by atoms with Gasteiger partial charge in [0.1, 0.15) is 34.5 Å². The molecule has 2 rings (SSSR count). The van der Waals surface area contributed by atoms with Crippen LogP contribution < -0.4 is 20.1 Å². The molecule has 2 amide bonds. The van der Waals surface area contributed by atoms with E-state index in [1.54, 1.807) is 77.1 Å². The zero-order chi connectivity index (χ0) is 23.9. The molecule has 0 heterocycles. The number of hydrogen-bond donors (Lipinski definition) is 2. The summed E-state index contributed by atoms with van der Waals surface area (Å²) in [6.45, 7) is 10.7. The van der Waals surface area contributed by atoms with Gasteiger partial charge in [0.05, 0.1) is 12.2 Å². The highest BCUT2D eigenvalue weighted by atomic mass is 16.6. The number of rotatable bonds is 7. The lowest BCUT2D eigenvalue weighted by Gasteiger charge is -2.27. The van der Waals surface area contributed by atoms with Crippen molar-refractivity contribution in [2.75, 3.05) is 11.9 Å². The maximum atomic E-state index is 12.6.